The Balaban J connectivity index is 0. The van der Waals surface area contributed by atoms with Crippen molar-refractivity contribution in [1.29, 1.82) is 0 Å². The second kappa shape index (κ2) is 9.21. The summed E-state index contributed by atoms with van der Waals surface area (Å²) in [5.74, 6) is -1.04. The summed E-state index contributed by atoms with van der Waals surface area (Å²) in [5.41, 5.74) is 5.64. The first kappa shape index (κ1) is 16.1. The van der Waals surface area contributed by atoms with E-state index in [0.717, 1.165) is 6.92 Å². The van der Waals surface area contributed by atoms with Crippen molar-refractivity contribution in [3.63, 3.8) is 0 Å². The average molecular weight is 217 g/mol. The fourth-order valence-electron chi connectivity index (χ4n) is 0.480. The molecule has 0 aliphatic rings. The summed E-state index contributed by atoms with van der Waals surface area (Å²) in [6, 6.07) is 0. The highest BCUT2D eigenvalue weighted by Gasteiger charge is 2.10. The van der Waals surface area contributed by atoms with Gasteiger partial charge in [-0.3, -0.25) is 4.79 Å². The number of hydrogen-bond acceptors (Lipinski definition) is 4. The molecule has 0 saturated heterocycles. The Morgan fingerprint density at radius 3 is 2.13 bits per heavy atom. The van der Waals surface area contributed by atoms with Gasteiger partial charge in [0.15, 0.2) is 0 Å². The van der Waals surface area contributed by atoms with Crippen molar-refractivity contribution in [2.24, 2.45) is 11.7 Å². The molecule has 0 unspecified atom stereocenters. The summed E-state index contributed by atoms with van der Waals surface area (Å²) < 4.78 is 4.75. The Kier molecular flexibility index (Phi) is 9.87. The number of carboxylic acids is 1. The largest absolute Gasteiger partial charge is 0.481 e. The molecule has 0 spiro atoms. The van der Waals surface area contributed by atoms with Gasteiger partial charge in [-0.25, -0.2) is 4.79 Å². The summed E-state index contributed by atoms with van der Waals surface area (Å²) in [6.07, 6.45) is 0. The van der Waals surface area contributed by atoms with Crippen LogP contribution in [-0.4, -0.2) is 30.2 Å². The molecule has 0 aromatic rings. The van der Waals surface area contributed by atoms with Crippen LogP contribution < -0.4 is 5.73 Å². The Labute approximate surface area is 89.9 Å². The monoisotopic (exact) mass is 217 g/mol. The standard InChI is InChI=1S/C8H15NO2.C2H4O2/c1-6(2)7(3)8(10)11-5-4-9;1-2(3)4/h6H,3-5,9H2,1-2H3;1H3,(H,3,4). The SMILES string of the molecule is C=C(C(=O)OCCN)C(C)C.CC(=O)O. The van der Waals surface area contributed by atoms with Gasteiger partial charge in [0.05, 0.1) is 0 Å². The zero-order valence-corrected chi connectivity index (χ0v) is 9.45. The number of nitrogens with two attached hydrogens (primary N) is 1. The van der Waals surface area contributed by atoms with Gasteiger partial charge in [-0.1, -0.05) is 20.4 Å². The van der Waals surface area contributed by atoms with Crippen molar-refractivity contribution in [3.05, 3.63) is 12.2 Å². The van der Waals surface area contributed by atoms with Crippen molar-refractivity contribution < 1.29 is 19.4 Å². The van der Waals surface area contributed by atoms with Gasteiger partial charge in [-0.05, 0) is 5.92 Å². The molecule has 0 saturated carbocycles. The zero-order chi connectivity index (χ0) is 12.4. The molecular formula is C10H19NO4. The van der Waals surface area contributed by atoms with Gasteiger partial charge in [-0.15, -0.1) is 0 Å². The molecule has 0 atom stereocenters. The van der Waals surface area contributed by atoms with Gasteiger partial charge in [0.25, 0.3) is 5.97 Å². The molecule has 0 radical (unpaired) electrons. The predicted octanol–water partition coefficient (Wildman–Crippen LogP) is 0.791. The van der Waals surface area contributed by atoms with Crippen LogP contribution in [0.15, 0.2) is 12.2 Å². The highest BCUT2D eigenvalue weighted by Crippen LogP contribution is 2.07. The molecule has 5 nitrogen and oxygen atoms in total. The van der Waals surface area contributed by atoms with Crippen LogP contribution in [0.25, 0.3) is 0 Å². The number of ether oxygens (including phenoxy) is 1. The lowest BCUT2D eigenvalue weighted by molar-refractivity contribution is -0.139. The van der Waals surface area contributed by atoms with Gasteiger partial charge in [0, 0.05) is 19.0 Å². The Bertz CT molecular complexity index is 219. The first-order valence-electron chi connectivity index (χ1n) is 4.58. The molecular weight excluding hydrogens is 198 g/mol. The molecule has 0 aromatic carbocycles. The lowest BCUT2D eigenvalue weighted by Gasteiger charge is -2.07. The van der Waals surface area contributed by atoms with Crippen LogP contribution in [0.5, 0.6) is 0 Å². The minimum Gasteiger partial charge on any atom is -0.481 e. The maximum atomic E-state index is 11.0. The molecule has 0 rings (SSSR count). The third kappa shape index (κ3) is 12.6. The van der Waals surface area contributed by atoms with Crippen molar-refractivity contribution in [2.45, 2.75) is 20.8 Å². The summed E-state index contributed by atoms with van der Waals surface area (Å²) in [6.45, 7) is 9.09. The van der Waals surface area contributed by atoms with Gasteiger partial charge >= 0.3 is 5.97 Å². The van der Waals surface area contributed by atoms with Gasteiger partial charge in [0.1, 0.15) is 6.61 Å². The van der Waals surface area contributed by atoms with E-state index in [9.17, 15) is 4.79 Å². The third-order valence-electron chi connectivity index (χ3n) is 1.31. The summed E-state index contributed by atoms with van der Waals surface area (Å²) in [4.78, 5) is 20.0. The molecule has 0 aliphatic carbocycles. The van der Waals surface area contributed by atoms with E-state index in [2.05, 4.69) is 6.58 Å². The predicted molar refractivity (Wildman–Crippen MR) is 57.3 cm³/mol. The van der Waals surface area contributed by atoms with E-state index in [1.807, 2.05) is 13.8 Å². The molecule has 88 valence electrons. The van der Waals surface area contributed by atoms with Crippen LogP contribution in [0.4, 0.5) is 0 Å². The van der Waals surface area contributed by atoms with Crippen molar-refractivity contribution in [1.82, 2.24) is 0 Å². The quantitative estimate of drug-likeness (QED) is 0.536. The summed E-state index contributed by atoms with van der Waals surface area (Å²) >= 11 is 0. The van der Waals surface area contributed by atoms with E-state index in [4.69, 9.17) is 20.4 Å². The molecule has 0 fully saturated rings. The number of aliphatic carboxylic acids is 1. The molecule has 15 heavy (non-hydrogen) atoms. The number of esters is 1. The first-order chi connectivity index (χ1) is 6.82. The van der Waals surface area contributed by atoms with Crippen molar-refractivity contribution in [2.75, 3.05) is 13.2 Å². The summed E-state index contributed by atoms with van der Waals surface area (Å²) in [5, 5.41) is 7.42. The van der Waals surface area contributed by atoms with Crippen LogP contribution in [-0.2, 0) is 14.3 Å². The normalized spacial score (nSPS) is 8.87. The lowest BCUT2D eigenvalue weighted by atomic mass is 10.1. The van der Waals surface area contributed by atoms with E-state index >= 15 is 0 Å². The smallest absolute Gasteiger partial charge is 0.333 e. The highest BCUT2D eigenvalue weighted by molar-refractivity contribution is 5.88. The second-order valence-corrected chi connectivity index (χ2v) is 3.12. The number of hydrogen-bond donors (Lipinski definition) is 2. The van der Waals surface area contributed by atoms with E-state index in [0.29, 0.717) is 12.1 Å². The van der Waals surface area contributed by atoms with E-state index < -0.39 is 5.97 Å². The fourth-order valence-corrected chi connectivity index (χ4v) is 0.480. The van der Waals surface area contributed by atoms with Gasteiger partial charge < -0.3 is 15.6 Å². The summed E-state index contributed by atoms with van der Waals surface area (Å²) in [7, 11) is 0. The lowest BCUT2D eigenvalue weighted by Crippen LogP contribution is -2.16. The van der Waals surface area contributed by atoms with Crippen molar-refractivity contribution >= 4 is 11.9 Å². The van der Waals surface area contributed by atoms with Crippen LogP contribution in [0.1, 0.15) is 20.8 Å². The first-order valence-corrected chi connectivity index (χ1v) is 4.58. The molecule has 0 amide bonds. The van der Waals surface area contributed by atoms with E-state index in [-0.39, 0.29) is 18.5 Å². The van der Waals surface area contributed by atoms with Crippen LogP contribution in [0.2, 0.25) is 0 Å². The van der Waals surface area contributed by atoms with Gasteiger partial charge in [0.2, 0.25) is 0 Å². The Morgan fingerprint density at radius 2 is 1.87 bits per heavy atom. The second-order valence-electron chi connectivity index (χ2n) is 3.12. The highest BCUT2D eigenvalue weighted by atomic mass is 16.5. The fraction of sp³-hybridized carbons (Fsp3) is 0.600. The Morgan fingerprint density at radius 1 is 1.47 bits per heavy atom. The molecule has 5 heteroatoms. The number of carboxylic acid groups (broad SMARTS) is 1. The minimum absolute atomic E-state index is 0.139. The molecule has 0 aromatic heterocycles. The minimum atomic E-state index is -0.833. The van der Waals surface area contributed by atoms with Crippen LogP contribution in [0.3, 0.4) is 0 Å². The maximum Gasteiger partial charge on any atom is 0.333 e. The van der Waals surface area contributed by atoms with E-state index in [1.165, 1.54) is 0 Å². The molecule has 0 heterocycles. The molecule has 0 bridgehead atoms. The zero-order valence-electron chi connectivity index (χ0n) is 9.45. The third-order valence-corrected chi connectivity index (χ3v) is 1.31. The Hall–Kier alpha value is -1.36. The van der Waals surface area contributed by atoms with Crippen molar-refractivity contribution in [3.8, 4) is 0 Å². The van der Waals surface area contributed by atoms with Gasteiger partial charge in [-0.2, -0.15) is 0 Å². The number of carbonyl (C=O) groups is 2. The molecule has 3 N–H and O–H groups in total. The average Bonchev–Trinajstić information content (AvgIpc) is 2.11. The topological polar surface area (TPSA) is 89.6 Å². The van der Waals surface area contributed by atoms with E-state index in [1.54, 1.807) is 0 Å². The van der Waals surface area contributed by atoms with Crippen LogP contribution >= 0.6 is 0 Å². The number of rotatable bonds is 4. The molecule has 0 aliphatic heterocycles. The van der Waals surface area contributed by atoms with Crippen LogP contribution in [0, 0.1) is 5.92 Å². The number of carbonyl (C=O) groups excluding carboxylic acids is 1. The maximum absolute atomic E-state index is 11.0.